The molecule has 0 aliphatic heterocycles. The molecule has 0 fully saturated rings. The van der Waals surface area contributed by atoms with E-state index in [2.05, 4.69) is 19.2 Å². The summed E-state index contributed by atoms with van der Waals surface area (Å²) in [7, 11) is 0. The maximum absolute atomic E-state index is 11.5. The Morgan fingerprint density at radius 1 is 1.26 bits per heavy atom. The highest BCUT2D eigenvalue weighted by molar-refractivity contribution is 5.83. The minimum absolute atomic E-state index is 0.284. The van der Waals surface area contributed by atoms with Crippen LogP contribution in [0, 0.1) is 0 Å². The first-order valence-electron chi connectivity index (χ1n) is 6.55. The van der Waals surface area contributed by atoms with Crippen molar-refractivity contribution in [2.24, 2.45) is 0 Å². The second-order valence-electron chi connectivity index (χ2n) is 4.80. The van der Waals surface area contributed by atoms with Gasteiger partial charge in [-0.15, -0.1) is 0 Å². The van der Waals surface area contributed by atoms with E-state index in [1.54, 1.807) is 13.0 Å². The zero-order chi connectivity index (χ0) is 14.4. The molecule has 19 heavy (non-hydrogen) atoms. The van der Waals surface area contributed by atoms with Gasteiger partial charge in [0, 0.05) is 6.08 Å². The fourth-order valence-corrected chi connectivity index (χ4v) is 1.88. The molecular formula is C17H22O2. The summed E-state index contributed by atoms with van der Waals surface area (Å²) in [6, 6.07) is 0. The zero-order valence-electron chi connectivity index (χ0n) is 12.1. The van der Waals surface area contributed by atoms with Crippen molar-refractivity contribution in [1.82, 2.24) is 0 Å². The SMILES string of the molecule is C=C(C)C1=C/C(=C\C(=O)OCC)CCC(C(=C)C)=C1. The Morgan fingerprint density at radius 3 is 2.47 bits per heavy atom. The summed E-state index contributed by atoms with van der Waals surface area (Å²) >= 11 is 0. The number of carbonyl (C=O) groups is 1. The van der Waals surface area contributed by atoms with Crippen molar-refractivity contribution in [2.45, 2.75) is 33.6 Å². The van der Waals surface area contributed by atoms with Crippen LogP contribution in [0.3, 0.4) is 0 Å². The molecule has 1 aliphatic rings. The third-order valence-corrected chi connectivity index (χ3v) is 2.98. The van der Waals surface area contributed by atoms with Crippen LogP contribution >= 0.6 is 0 Å². The standard InChI is InChI=1S/C17H22O2/c1-6-19-17(18)10-14-7-8-15(12(2)3)11-16(9-14)13(4)5/h9-11H,2,4,6-8H2,1,3,5H3/b14-10-. The van der Waals surface area contributed by atoms with Crippen molar-refractivity contribution in [3.05, 3.63) is 59.3 Å². The van der Waals surface area contributed by atoms with Crippen LogP contribution in [-0.2, 0) is 9.53 Å². The minimum Gasteiger partial charge on any atom is -0.463 e. The molecule has 102 valence electrons. The maximum atomic E-state index is 11.5. The van der Waals surface area contributed by atoms with Gasteiger partial charge in [-0.05, 0) is 50.3 Å². The van der Waals surface area contributed by atoms with Crippen molar-refractivity contribution in [3.63, 3.8) is 0 Å². The molecule has 0 saturated carbocycles. The van der Waals surface area contributed by atoms with Gasteiger partial charge in [0.15, 0.2) is 0 Å². The van der Waals surface area contributed by atoms with Crippen molar-refractivity contribution < 1.29 is 9.53 Å². The summed E-state index contributed by atoms with van der Waals surface area (Å²) in [5.41, 5.74) is 5.27. The van der Waals surface area contributed by atoms with Crippen molar-refractivity contribution in [1.29, 1.82) is 0 Å². The van der Waals surface area contributed by atoms with Gasteiger partial charge in [0.05, 0.1) is 6.61 Å². The predicted molar refractivity (Wildman–Crippen MR) is 79.7 cm³/mol. The molecule has 0 aromatic rings. The molecule has 0 atom stereocenters. The molecule has 0 aromatic heterocycles. The van der Waals surface area contributed by atoms with Crippen LogP contribution < -0.4 is 0 Å². The van der Waals surface area contributed by atoms with E-state index in [0.29, 0.717) is 6.61 Å². The molecular weight excluding hydrogens is 236 g/mol. The molecule has 0 heterocycles. The Labute approximate surface area is 115 Å². The molecule has 0 aromatic carbocycles. The van der Waals surface area contributed by atoms with Crippen LogP contribution in [0.2, 0.25) is 0 Å². The van der Waals surface area contributed by atoms with E-state index in [0.717, 1.165) is 35.1 Å². The molecule has 0 amide bonds. The van der Waals surface area contributed by atoms with Crippen LogP contribution in [0.15, 0.2) is 59.3 Å². The number of allylic oxidation sites excluding steroid dienone is 7. The van der Waals surface area contributed by atoms with Gasteiger partial charge < -0.3 is 4.74 Å². The summed E-state index contributed by atoms with van der Waals surface area (Å²) in [4.78, 5) is 11.5. The first-order valence-corrected chi connectivity index (χ1v) is 6.55. The van der Waals surface area contributed by atoms with Gasteiger partial charge in [0.25, 0.3) is 0 Å². The van der Waals surface area contributed by atoms with Gasteiger partial charge in [0.2, 0.25) is 0 Å². The lowest BCUT2D eigenvalue weighted by Crippen LogP contribution is -2.00. The molecule has 1 aliphatic carbocycles. The van der Waals surface area contributed by atoms with E-state index < -0.39 is 0 Å². The van der Waals surface area contributed by atoms with Crippen LogP contribution in [0.25, 0.3) is 0 Å². The molecule has 2 nitrogen and oxygen atoms in total. The van der Waals surface area contributed by atoms with Gasteiger partial charge in [-0.2, -0.15) is 0 Å². The number of hydrogen-bond acceptors (Lipinski definition) is 2. The third kappa shape index (κ3) is 4.74. The Hall–Kier alpha value is -1.83. The Kier molecular flexibility index (Phi) is 5.56. The number of esters is 1. The third-order valence-electron chi connectivity index (χ3n) is 2.98. The van der Waals surface area contributed by atoms with E-state index in [1.165, 1.54) is 5.57 Å². The van der Waals surface area contributed by atoms with Gasteiger partial charge >= 0.3 is 5.97 Å². The van der Waals surface area contributed by atoms with Crippen LogP contribution in [0.5, 0.6) is 0 Å². The molecule has 0 spiro atoms. The molecule has 1 rings (SSSR count). The molecule has 2 heteroatoms. The predicted octanol–water partition coefficient (Wildman–Crippen LogP) is 4.27. The maximum Gasteiger partial charge on any atom is 0.331 e. The summed E-state index contributed by atoms with van der Waals surface area (Å²) < 4.78 is 4.95. The molecule has 0 bridgehead atoms. The van der Waals surface area contributed by atoms with Crippen LogP contribution in [0.1, 0.15) is 33.6 Å². The summed E-state index contributed by atoms with van der Waals surface area (Å²) in [6.07, 6.45) is 7.38. The monoisotopic (exact) mass is 258 g/mol. The first kappa shape index (κ1) is 15.2. The Balaban J connectivity index is 3.04. The average Bonchev–Trinajstić information content (AvgIpc) is 2.52. The second-order valence-corrected chi connectivity index (χ2v) is 4.80. The largest absolute Gasteiger partial charge is 0.463 e. The zero-order valence-corrected chi connectivity index (χ0v) is 12.1. The van der Waals surface area contributed by atoms with E-state index >= 15 is 0 Å². The quantitative estimate of drug-likeness (QED) is 0.556. The molecule has 0 radical (unpaired) electrons. The number of rotatable bonds is 4. The fourth-order valence-electron chi connectivity index (χ4n) is 1.88. The Morgan fingerprint density at radius 2 is 1.95 bits per heavy atom. The smallest absolute Gasteiger partial charge is 0.331 e. The summed E-state index contributed by atoms with van der Waals surface area (Å²) in [5, 5.41) is 0. The second kappa shape index (κ2) is 6.93. The minimum atomic E-state index is -0.284. The molecule has 0 N–H and O–H groups in total. The Bertz CT molecular complexity index is 487. The van der Waals surface area contributed by atoms with Gasteiger partial charge in [0.1, 0.15) is 0 Å². The fraction of sp³-hybridized carbons (Fsp3) is 0.353. The van der Waals surface area contributed by atoms with E-state index in [1.807, 2.05) is 19.9 Å². The lowest BCUT2D eigenvalue weighted by Gasteiger charge is -2.05. The lowest BCUT2D eigenvalue weighted by molar-refractivity contribution is -0.137. The first-order chi connectivity index (χ1) is 8.93. The number of ether oxygens (including phenoxy) is 1. The molecule has 0 unspecified atom stereocenters. The van der Waals surface area contributed by atoms with Gasteiger partial charge in [-0.3, -0.25) is 0 Å². The summed E-state index contributed by atoms with van der Waals surface area (Å²) in [5.74, 6) is -0.284. The van der Waals surface area contributed by atoms with Crippen LogP contribution in [0.4, 0.5) is 0 Å². The van der Waals surface area contributed by atoms with Gasteiger partial charge in [-0.25, -0.2) is 4.79 Å². The highest BCUT2D eigenvalue weighted by Gasteiger charge is 2.10. The highest BCUT2D eigenvalue weighted by atomic mass is 16.5. The van der Waals surface area contributed by atoms with E-state index in [-0.39, 0.29) is 5.97 Å². The van der Waals surface area contributed by atoms with E-state index in [4.69, 9.17) is 4.74 Å². The lowest BCUT2D eigenvalue weighted by atomic mass is 10.0. The topological polar surface area (TPSA) is 26.3 Å². The summed E-state index contributed by atoms with van der Waals surface area (Å²) in [6.45, 7) is 14.1. The molecule has 0 saturated heterocycles. The highest BCUT2D eigenvalue weighted by Crippen LogP contribution is 2.27. The van der Waals surface area contributed by atoms with Crippen molar-refractivity contribution in [2.75, 3.05) is 6.61 Å². The van der Waals surface area contributed by atoms with E-state index in [9.17, 15) is 4.79 Å². The van der Waals surface area contributed by atoms with Crippen LogP contribution in [-0.4, -0.2) is 12.6 Å². The van der Waals surface area contributed by atoms with Crippen molar-refractivity contribution >= 4 is 5.97 Å². The van der Waals surface area contributed by atoms with Gasteiger partial charge in [-0.1, -0.05) is 36.5 Å². The number of hydrogen-bond donors (Lipinski definition) is 0. The van der Waals surface area contributed by atoms with Crippen molar-refractivity contribution in [3.8, 4) is 0 Å². The number of carbonyl (C=O) groups excluding carboxylic acids is 1. The normalized spacial score (nSPS) is 17.3. The average molecular weight is 258 g/mol.